The van der Waals surface area contributed by atoms with Crippen molar-refractivity contribution < 1.29 is 29.3 Å². The van der Waals surface area contributed by atoms with E-state index in [9.17, 15) is 24.6 Å². The Bertz CT molecular complexity index is 967. The van der Waals surface area contributed by atoms with Gasteiger partial charge >= 0.3 is 0 Å². The van der Waals surface area contributed by atoms with E-state index in [-0.39, 0.29) is 18.2 Å². The zero-order chi connectivity index (χ0) is 22.6. The third-order valence-corrected chi connectivity index (χ3v) is 5.23. The first-order valence-electron chi connectivity index (χ1n) is 10.2. The molecule has 1 aromatic carbocycles. The molecule has 1 aromatic heterocycles. The van der Waals surface area contributed by atoms with Gasteiger partial charge < -0.3 is 25.6 Å². The number of carbonyl (C=O) groups excluding carboxylic acids is 3. The maximum Gasteiger partial charge on any atom is 0.271 e. The molecule has 1 aliphatic heterocycles. The quantitative estimate of drug-likeness (QED) is 0.395. The molecule has 0 spiro atoms. The van der Waals surface area contributed by atoms with Gasteiger partial charge in [0.1, 0.15) is 11.7 Å². The summed E-state index contributed by atoms with van der Waals surface area (Å²) in [6.45, 7) is 2.75. The molecule has 1 fully saturated rings. The Balaban J connectivity index is 1.73. The van der Waals surface area contributed by atoms with Crippen molar-refractivity contribution in [3.05, 3.63) is 42.2 Å². The fraction of sp³-hybridized carbons (Fsp3) is 0.455. The summed E-state index contributed by atoms with van der Waals surface area (Å²) >= 11 is 0. The summed E-state index contributed by atoms with van der Waals surface area (Å²) in [7, 11) is 0. The molecule has 1 saturated heterocycles. The van der Waals surface area contributed by atoms with E-state index in [2.05, 4.69) is 15.6 Å². The lowest BCUT2D eigenvalue weighted by atomic mass is 9.92. The molecule has 9 heteroatoms. The zero-order valence-corrected chi connectivity index (χ0v) is 17.5. The number of amides is 2. The average Bonchev–Trinajstić information content (AvgIpc) is 3.56. The van der Waals surface area contributed by atoms with E-state index in [4.69, 9.17) is 4.74 Å². The highest BCUT2D eigenvalue weighted by molar-refractivity contribution is 6.06. The summed E-state index contributed by atoms with van der Waals surface area (Å²) in [5.41, 5.74) is -1.15. The predicted octanol–water partition coefficient (Wildman–Crippen LogP) is 0.187. The van der Waals surface area contributed by atoms with Crippen LogP contribution in [0.5, 0.6) is 0 Å². The van der Waals surface area contributed by atoms with E-state index in [1.165, 1.54) is 6.20 Å². The van der Waals surface area contributed by atoms with Gasteiger partial charge in [0, 0.05) is 11.6 Å². The van der Waals surface area contributed by atoms with Crippen LogP contribution >= 0.6 is 0 Å². The van der Waals surface area contributed by atoms with Crippen LogP contribution in [-0.4, -0.2) is 70.3 Å². The van der Waals surface area contributed by atoms with Crippen LogP contribution < -0.4 is 10.6 Å². The number of nitrogens with zero attached hydrogens (tertiary/aromatic N) is 1. The Labute approximate surface area is 179 Å². The minimum atomic E-state index is -1.28. The number of aliphatic hydroxyl groups excluding tert-OH is 2. The number of benzene rings is 1. The standard InChI is InChI=1S/C22H27N3O6/c1-13(2)9-16(19(28)22(11-27)12-31-22)24-20(29)17(10-26)25-21(30)18-15-6-4-3-5-14(15)7-8-23-18/h3-8,13,16-17,26-27H,9-12H2,1-2H3,(H,24,29)(H,25,30). The molecule has 1 aliphatic rings. The number of fused-ring (bicyclic) bond motifs is 1. The minimum Gasteiger partial charge on any atom is -0.394 e. The van der Waals surface area contributed by atoms with Crippen molar-refractivity contribution in [1.82, 2.24) is 15.6 Å². The van der Waals surface area contributed by atoms with Crippen LogP contribution in [0.1, 0.15) is 30.8 Å². The summed E-state index contributed by atoms with van der Waals surface area (Å²) < 4.78 is 5.12. The first kappa shape index (κ1) is 22.8. The fourth-order valence-electron chi connectivity index (χ4n) is 3.41. The number of ether oxygens (including phenoxy) is 1. The molecule has 2 heterocycles. The molecule has 3 unspecified atom stereocenters. The SMILES string of the molecule is CC(C)CC(NC(=O)C(CO)NC(=O)c1nccc2ccccc12)C(=O)C1(CO)CO1. The highest BCUT2D eigenvalue weighted by Gasteiger charge is 2.54. The van der Waals surface area contributed by atoms with E-state index in [1.807, 2.05) is 26.0 Å². The number of carbonyl (C=O) groups is 3. The maximum absolute atomic E-state index is 12.8. The van der Waals surface area contributed by atoms with Crippen LogP contribution in [0.15, 0.2) is 36.5 Å². The van der Waals surface area contributed by atoms with Gasteiger partial charge in [0.2, 0.25) is 5.91 Å². The van der Waals surface area contributed by atoms with Crippen LogP contribution in [0, 0.1) is 5.92 Å². The van der Waals surface area contributed by atoms with Crippen molar-refractivity contribution in [2.75, 3.05) is 19.8 Å². The number of aromatic nitrogens is 1. The molecule has 9 nitrogen and oxygen atoms in total. The normalized spacial score (nSPS) is 19.6. The Morgan fingerprint density at radius 3 is 2.45 bits per heavy atom. The topological polar surface area (TPSA) is 141 Å². The van der Waals surface area contributed by atoms with Crippen molar-refractivity contribution >= 4 is 28.4 Å². The first-order valence-corrected chi connectivity index (χ1v) is 10.2. The molecule has 4 N–H and O–H groups in total. The number of pyridine rings is 1. The van der Waals surface area contributed by atoms with Gasteiger partial charge in [0.05, 0.1) is 25.9 Å². The molecule has 2 amide bonds. The summed E-state index contributed by atoms with van der Waals surface area (Å²) in [5.74, 6) is -1.67. The van der Waals surface area contributed by atoms with Crippen molar-refractivity contribution in [3.8, 4) is 0 Å². The highest BCUT2D eigenvalue weighted by atomic mass is 16.6. The second-order valence-electron chi connectivity index (χ2n) is 8.09. The van der Waals surface area contributed by atoms with Crippen LogP contribution in [0.25, 0.3) is 10.8 Å². The van der Waals surface area contributed by atoms with Crippen LogP contribution in [0.2, 0.25) is 0 Å². The smallest absolute Gasteiger partial charge is 0.271 e. The van der Waals surface area contributed by atoms with Gasteiger partial charge in [-0.05, 0) is 23.8 Å². The molecule has 0 aliphatic carbocycles. The lowest BCUT2D eigenvalue weighted by Crippen LogP contribution is -2.55. The monoisotopic (exact) mass is 429 g/mol. The molecule has 3 rings (SSSR count). The second kappa shape index (κ2) is 9.51. The minimum absolute atomic E-state index is 0.0748. The van der Waals surface area contributed by atoms with Gasteiger partial charge in [-0.1, -0.05) is 38.1 Å². The third-order valence-electron chi connectivity index (χ3n) is 5.23. The molecule has 31 heavy (non-hydrogen) atoms. The van der Waals surface area contributed by atoms with Gasteiger partial charge in [-0.25, -0.2) is 0 Å². The lowest BCUT2D eigenvalue weighted by Gasteiger charge is -2.24. The molecule has 3 atom stereocenters. The number of hydrogen-bond acceptors (Lipinski definition) is 7. The summed E-state index contributed by atoms with van der Waals surface area (Å²) in [6.07, 6.45) is 1.82. The Morgan fingerprint density at radius 2 is 1.84 bits per heavy atom. The molecule has 2 aromatic rings. The summed E-state index contributed by atoms with van der Waals surface area (Å²) in [4.78, 5) is 42.4. The Morgan fingerprint density at radius 1 is 1.13 bits per heavy atom. The zero-order valence-electron chi connectivity index (χ0n) is 17.5. The van der Waals surface area contributed by atoms with E-state index >= 15 is 0 Å². The average molecular weight is 429 g/mol. The van der Waals surface area contributed by atoms with Crippen LogP contribution in [0.4, 0.5) is 0 Å². The van der Waals surface area contributed by atoms with Gasteiger partial charge in [-0.2, -0.15) is 0 Å². The molecular weight excluding hydrogens is 402 g/mol. The first-order chi connectivity index (χ1) is 14.8. The van der Waals surface area contributed by atoms with Crippen molar-refractivity contribution in [2.45, 2.75) is 38.0 Å². The number of Topliss-reactive ketones (excluding diaryl/α,β-unsaturated/α-hetero) is 1. The number of rotatable bonds is 10. The lowest BCUT2D eigenvalue weighted by molar-refractivity contribution is -0.133. The van der Waals surface area contributed by atoms with Crippen molar-refractivity contribution in [1.29, 1.82) is 0 Å². The molecule has 0 radical (unpaired) electrons. The predicted molar refractivity (Wildman–Crippen MR) is 112 cm³/mol. The molecular formula is C22H27N3O6. The number of ketones is 1. The van der Waals surface area contributed by atoms with E-state index in [0.29, 0.717) is 11.8 Å². The second-order valence-corrected chi connectivity index (χ2v) is 8.09. The third kappa shape index (κ3) is 5.07. The molecule has 166 valence electrons. The van der Waals surface area contributed by atoms with Gasteiger partial charge in [0.25, 0.3) is 5.91 Å². The summed E-state index contributed by atoms with van der Waals surface area (Å²) in [5, 5.41) is 25.7. The van der Waals surface area contributed by atoms with Gasteiger partial charge in [-0.15, -0.1) is 0 Å². The number of nitrogens with one attached hydrogen (secondary N) is 2. The van der Waals surface area contributed by atoms with Crippen LogP contribution in [0.3, 0.4) is 0 Å². The molecule has 0 bridgehead atoms. The van der Waals surface area contributed by atoms with E-state index < -0.39 is 48.5 Å². The summed E-state index contributed by atoms with van der Waals surface area (Å²) in [6, 6.07) is 6.76. The fourth-order valence-corrected chi connectivity index (χ4v) is 3.41. The van der Waals surface area contributed by atoms with Crippen LogP contribution in [-0.2, 0) is 14.3 Å². The van der Waals surface area contributed by atoms with E-state index in [1.54, 1.807) is 18.2 Å². The molecule has 0 saturated carbocycles. The maximum atomic E-state index is 12.8. The number of epoxide rings is 1. The Hall–Kier alpha value is -2.88. The largest absolute Gasteiger partial charge is 0.394 e. The van der Waals surface area contributed by atoms with Crippen molar-refractivity contribution in [2.24, 2.45) is 5.92 Å². The van der Waals surface area contributed by atoms with Gasteiger partial charge in [-0.3, -0.25) is 19.4 Å². The van der Waals surface area contributed by atoms with E-state index in [0.717, 1.165) is 5.39 Å². The Kier molecular flexibility index (Phi) is 6.99. The van der Waals surface area contributed by atoms with Crippen molar-refractivity contribution in [3.63, 3.8) is 0 Å². The number of aliphatic hydroxyl groups is 2. The highest BCUT2D eigenvalue weighted by Crippen LogP contribution is 2.30. The number of hydrogen-bond donors (Lipinski definition) is 4. The van der Waals surface area contributed by atoms with Gasteiger partial charge in [0.15, 0.2) is 11.4 Å².